The Labute approximate surface area is 226 Å². The van der Waals surface area contributed by atoms with Gasteiger partial charge in [0, 0.05) is 61.6 Å². The zero-order valence-corrected chi connectivity index (χ0v) is 22.5. The number of nitrogens with zero attached hydrogens (tertiary/aromatic N) is 5. The number of nitro groups is 1. The molecule has 11 heteroatoms. The van der Waals surface area contributed by atoms with Gasteiger partial charge in [0.2, 0.25) is 10.0 Å². The Morgan fingerprint density at radius 3 is 2.34 bits per heavy atom. The molecule has 0 amide bonds. The Kier molecular flexibility index (Phi) is 7.49. The van der Waals surface area contributed by atoms with Crippen molar-refractivity contribution in [3.63, 3.8) is 0 Å². The monoisotopic (exact) mass is 553 g/mol. The van der Waals surface area contributed by atoms with E-state index in [1.54, 1.807) is 16.4 Å². The van der Waals surface area contributed by atoms with E-state index in [4.69, 9.17) is 16.6 Å². The number of halogens is 1. The van der Waals surface area contributed by atoms with Gasteiger partial charge in [-0.05, 0) is 53.9 Å². The molecule has 1 fully saturated rings. The van der Waals surface area contributed by atoms with E-state index < -0.39 is 14.9 Å². The molecule has 0 unspecified atom stereocenters. The lowest BCUT2D eigenvalue weighted by Gasteiger charge is -2.34. The molecule has 0 saturated carbocycles. The average molecular weight is 554 g/mol. The van der Waals surface area contributed by atoms with Gasteiger partial charge in [0.1, 0.15) is 5.65 Å². The quantitative estimate of drug-likeness (QED) is 0.222. The fraction of sp³-hybridized carbons (Fsp3) is 0.296. The van der Waals surface area contributed by atoms with Crippen molar-refractivity contribution in [2.45, 2.75) is 19.9 Å². The SMILES string of the molecule is CCCS(=O)(=O)N1CCN(Cc2c(-c3ccc([N+](=O)[O-])cc3)nc3ccc(-c4cccc(Cl)c4)cn23)CC1. The van der Waals surface area contributed by atoms with Crippen LogP contribution in [0.5, 0.6) is 0 Å². The largest absolute Gasteiger partial charge is 0.301 e. The first-order chi connectivity index (χ1) is 18.2. The Bertz CT molecular complexity index is 1580. The summed E-state index contributed by atoms with van der Waals surface area (Å²) in [6, 6.07) is 18.0. The van der Waals surface area contributed by atoms with Crippen LogP contribution in [0.1, 0.15) is 19.0 Å². The number of nitro benzene ring substituents is 1. The van der Waals surface area contributed by atoms with E-state index in [-0.39, 0.29) is 11.4 Å². The van der Waals surface area contributed by atoms with E-state index in [1.165, 1.54) is 12.1 Å². The summed E-state index contributed by atoms with van der Waals surface area (Å²) in [6.45, 7) is 4.51. The second-order valence-corrected chi connectivity index (χ2v) is 11.9. The highest BCUT2D eigenvalue weighted by atomic mass is 35.5. The molecular formula is C27H28ClN5O4S. The third-order valence-corrected chi connectivity index (χ3v) is 9.10. The first-order valence-corrected chi connectivity index (χ1v) is 14.5. The van der Waals surface area contributed by atoms with Crippen LogP contribution in [0, 0.1) is 10.1 Å². The van der Waals surface area contributed by atoms with E-state index in [0.29, 0.717) is 44.2 Å². The normalized spacial score (nSPS) is 15.2. The molecular weight excluding hydrogens is 526 g/mol. The number of piperazine rings is 1. The second kappa shape index (κ2) is 10.8. The van der Waals surface area contributed by atoms with Crippen molar-refractivity contribution in [3.05, 3.63) is 87.7 Å². The number of aromatic nitrogens is 2. The zero-order chi connectivity index (χ0) is 26.9. The Morgan fingerprint density at radius 2 is 1.68 bits per heavy atom. The number of benzene rings is 2. The van der Waals surface area contributed by atoms with Crippen LogP contribution in [-0.2, 0) is 16.6 Å². The highest BCUT2D eigenvalue weighted by Gasteiger charge is 2.27. The molecule has 9 nitrogen and oxygen atoms in total. The van der Waals surface area contributed by atoms with Crippen molar-refractivity contribution in [3.8, 4) is 22.4 Å². The highest BCUT2D eigenvalue weighted by Crippen LogP contribution is 2.30. The molecule has 0 aliphatic carbocycles. The summed E-state index contributed by atoms with van der Waals surface area (Å²) >= 11 is 6.24. The molecule has 2 aromatic carbocycles. The summed E-state index contributed by atoms with van der Waals surface area (Å²) in [4.78, 5) is 17.9. The van der Waals surface area contributed by atoms with E-state index >= 15 is 0 Å². The van der Waals surface area contributed by atoms with Gasteiger partial charge in [-0.15, -0.1) is 0 Å². The van der Waals surface area contributed by atoms with Crippen LogP contribution in [0.4, 0.5) is 5.69 Å². The molecule has 198 valence electrons. The number of non-ortho nitro benzene ring substituents is 1. The second-order valence-electron chi connectivity index (χ2n) is 9.36. The minimum absolute atomic E-state index is 0.0201. The lowest BCUT2D eigenvalue weighted by molar-refractivity contribution is -0.384. The van der Waals surface area contributed by atoms with Crippen molar-refractivity contribution in [1.82, 2.24) is 18.6 Å². The summed E-state index contributed by atoms with van der Waals surface area (Å²) < 4.78 is 28.7. The van der Waals surface area contributed by atoms with Gasteiger partial charge in [-0.3, -0.25) is 15.0 Å². The van der Waals surface area contributed by atoms with Crippen LogP contribution in [0.3, 0.4) is 0 Å². The number of hydrogen-bond donors (Lipinski definition) is 0. The summed E-state index contributed by atoms with van der Waals surface area (Å²) in [5.41, 5.74) is 5.18. The number of sulfonamides is 1. The summed E-state index contributed by atoms with van der Waals surface area (Å²) in [6.07, 6.45) is 2.62. The molecule has 3 heterocycles. The van der Waals surface area contributed by atoms with Crippen molar-refractivity contribution >= 4 is 33.0 Å². The van der Waals surface area contributed by atoms with Crippen LogP contribution in [0.2, 0.25) is 5.02 Å². The first-order valence-electron chi connectivity index (χ1n) is 12.5. The van der Waals surface area contributed by atoms with Crippen LogP contribution < -0.4 is 0 Å². The van der Waals surface area contributed by atoms with Crippen molar-refractivity contribution in [2.24, 2.45) is 0 Å². The van der Waals surface area contributed by atoms with E-state index in [0.717, 1.165) is 33.7 Å². The standard InChI is InChI=1S/C27H28ClN5O4S/c1-2-16-38(36,37)31-14-12-30(13-15-31)19-25-27(20-6-9-24(10-7-20)33(34)35)29-26-11-8-22(18-32(25)26)21-4-3-5-23(28)17-21/h3-11,17-18H,2,12-16,19H2,1H3. The fourth-order valence-corrected chi connectivity index (χ4v) is 6.50. The van der Waals surface area contributed by atoms with E-state index in [1.807, 2.05) is 53.9 Å². The molecule has 1 saturated heterocycles. The Morgan fingerprint density at radius 1 is 0.974 bits per heavy atom. The number of pyridine rings is 1. The minimum atomic E-state index is -3.23. The lowest BCUT2D eigenvalue weighted by Crippen LogP contribution is -2.48. The van der Waals surface area contributed by atoms with Gasteiger partial charge in [-0.25, -0.2) is 13.4 Å². The Hall–Kier alpha value is -3.31. The Balaban J connectivity index is 1.52. The molecule has 0 bridgehead atoms. The summed E-state index contributed by atoms with van der Waals surface area (Å²) in [7, 11) is -3.23. The van der Waals surface area contributed by atoms with Gasteiger partial charge in [0.15, 0.2) is 0 Å². The molecule has 1 aliphatic heterocycles. The predicted octanol–water partition coefficient (Wildman–Crippen LogP) is 5.09. The maximum Gasteiger partial charge on any atom is 0.269 e. The molecule has 2 aromatic heterocycles. The van der Waals surface area contributed by atoms with Gasteiger partial charge < -0.3 is 4.40 Å². The molecule has 0 radical (unpaired) electrons. The van der Waals surface area contributed by atoms with E-state index in [9.17, 15) is 18.5 Å². The topological polar surface area (TPSA) is 101 Å². The average Bonchev–Trinajstić information content (AvgIpc) is 3.26. The van der Waals surface area contributed by atoms with Crippen molar-refractivity contribution < 1.29 is 13.3 Å². The van der Waals surface area contributed by atoms with Crippen LogP contribution in [0.25, 0.3) is 28.0 Å². The predicted molar refractivity (Wildman–Crippen MR) is 149 cm³/mol. The zero-order valence-electron chi connectivity index (χ0n) is 21.0. The molecule has 5 rings (SSSR count). The number of fused-ring (bicyclic) bond motifs is 1. The number of hydrogen-bond acceptors (Lipinski definition) is 6. The summed E-state index contributed by atoms with van der Waals surface area (Å²) in [5, 5.41) is 11.8. The smallest absolute Gasteiger partial charge is 0.269 e. The maximum absolute atomic E-state index is 12.5. The fourth-order valence-electron chi connectivity index (χ4n) is 4.82. The van der Waals surface area contributed by atoms with Gasteiger partial charge in [-0.2, -0.15) is 4.31 Å². The van der Waals surface area contributed by atoms with Crippen molar-refractivity contribution in [2.75, 3.05) is 31.9 Å². The van der Waals surface area contributed by atoms with Crippen LogP contribution >= 0.6 is 11.6 Å². The molecule has 1 aliphatic rings. The first kappa shape index (κ1) is 26.3. The third kappa shape index (κ3) is 5.44. The summed E-state index contributed by atoms with van der Waals surface area (Å²) in [5.74, 6) is 0.164. The number of rotatable bonds is 8. The van der Waals surface area contributed by atoms with E-state index in [2.05, 4.69) is 4.90 Å². The van der Waals surface area contributed by atoms with Gasteiger partial charge >= 0.3 is 0 Å². The van der Waals surface area contributed by atoms with Crippen molar-refractivity contribution in [1.29, 1.82) is 0 Å². The molecule has 4 aromatic rings. The van der Waals surface area contributed by atoms with Crippen LogP contribution in [-0.4, -0.2) is 63.9 Å². The third-order valence-electron chi connectivity index (χ3n) is 6.79. The lowest BCUT2D eigenvalue weighted by atomic mass is 10.1. The van der Waals surface area contributed by atoms with Gasteiger partial charge in [-0.1, -0.05) is 30.7 Å². The highest BCUT2D eigenvalue weighted by molar-refractivity contribution is 7.89. The maximum atomic E-state index is 12.5. The molecule has 38 heavy (non-hydrogen) atoms. The minimum Gasteiger partial charge on any atom is -0.301 e. The molecule has 0 N–H and O–H groups in total. The number of imidazole rings is 1. The van der Waals surface area contributed by atoms with Gasteiger partial charge in [0.25, 0.3) is 5.69 Å². The molecule has 0 atom stereocenters. The molecule has 0 spiro atoms. The van der Waals surface area contributed by atoms with Crippen LogP contribution in [0.15, 0.2) is 66.9 Å². The van der Waals surface area contributed by atoms with Gasteiger partial charge in [0.05, 0.1) is 22.1 Å².